The van der Waals surface area contributed by atoms with Gasteiger partial charge in [-0.3, -0.25) is 0 Å². The summed E-state index contributed by atoms with van der Waals surface area (Å²) in [6, 6.07) is 81.9. The maximum absolute atomic E-state index is 10.5. The molecule has 0 aliphatic heterocycles. The van der Waals surface area contributed by atoms with E-state index in [1.54, 1.807) is 6.07 Å². The molecule has 0 heterocycles. The quantitative estimate of drug-likeness (QED) is 0.160. The Hall–Kier alpha value is -8.24. The molecule has 332 valence electrons. The van der Waals surface area contributed by atoms with Gasteiger partial charge in [-0.05, 0) is 143 Å². The van der Waals surface area contributed by atoms with Gasteiger partial charge in [0, 0.05) is 17.1 Å². The fraction of sp³-hybridized carbons (Fsp3) is 0.152. The van der Waals surface area contributed by atoms with E-state index < -0.39 is 10.8 Å². The zero-order chi connectivity index (χ0) is 47.7. The van der Waals surface area contributed by atoms with Crippen molar-refractivity contribution < 1.29 is 0 Å². The van der Waals surface area contributed by atoms with Crippen molar-refractivity contribution in [3.8, 4) is 34.4 Å². The van der Waals surface area contributed by atoms with E-state index in [2.05, 4.69) is 253 Å². The molecule has 3 nitrogen and oxygen atoms in total. The molecule has 3 heteroatoms. The number of nitrogens with zero attached hydrogens (tertiary/aromatic N) is 3. The first-order chi connectivity index (χ1) is 33.4. The van der Waals surface area contributed by atoms with Crippen molar-refractivity contribution in [1.29, 1.82) is 10.5 Å². The highest BCUT2D eigenvalue weighted by molar-refractivity contribution is 5.92. The maximum Gasteiger partial charge on any atom is 0.0992 e. The highest BCUT2D eigenvalue weighted by Gasteiger charge is 2.49. The first-order valence-electron chi connectivity index (χ1n) is 24.0. The van der Waals surface area contributed by atoms with Crippen molar-refractivity contribution in [2.45, 2.75) is 63.2 Å². The van der Waals surface area contributed by atoms with E-state index in [9.17, 15) is 10.5 Å². The summed E-state index contributed by atoms with van der Waals surface area (Å²) in [6.45, 7) is 13.7. The molecule has 2 aliphatic carbocycles. The van der Waals surface area contributed by atoms with Crippen molar-refractivity contribution in [1.82, 2.24) is 0 Å². The molecule has 2 atom stereocenters. The van der Waals surface area contributed by atoms with Gasteiger partial charge in [0.2, 0.25) is 0 Å². The minimum Gasteiger partial charge on any atom is -0.310 e. The molecule has 0 aromatic heterocycles. The minimum atomic E-state index is -0.863. The summed E-state index contributed by atoms with van der Waals surface area (Å²) in [7, 11) is 0. The van der Waals surface area contributed by atoms with E-state index in [1.165, 1.54) is 44.5 Å². The van der Waals surface area contributed by atoms with Crippen LogP contribution in [0.2, 0.25) is 0 Å². The normalized spacial score (nSPS) is 16.6. The minimum absolute atomic E-state index is 0.0562. The number of para-hydroxylation sites is 1. The van der Waals surface area contributed by atoms with Crippen LogP contribution in [-0.2, 0) is 21.7 Å². The van der Waals surface area contributed by atoms with Crippen LogP contribution in [0.15, 0.2) is 212 Å². The SMILES string of the molecule is CC(C)(C)c1ccc(C2(c3cc(C#N)cc(C#N)c3)c3ccccc3-c3ccc(N(c4ccccc4)c4ccc5c(c4)C(c4ccccc4)(c4ccccc4C(C)(C)C)c4ccccc4-5)cc32)cc1. The highest BCUT2D eigenvalue weighted by Crippen LogP contribution is 2.60. The van der Waals surface area contributed by atoms with Gasteiger partial charge in [-0.2, -0.15) is 10.5 Å². The molecule has 69 heavy (non-hydrogen) atoms. The van der Waals surface area contributed by atoms with Crippen molar-refractivity contribution in [3.63, 3.8) is 0 Å². The molecule has 0 saturated heterocycles. The number of anilines is 3. The van der Waals surface area contributed by atoms with Crippen LogP contribution in [0, 0.1) is 22.7 Å². The first-order valence-corrected chi connectivity index (χ1v) is 24.0. The lowest BCUT2D eigenvalue weighted by atomic mass is 9.64. The average molecular weight is 888 g/mol. The lowest BCUT2D eigenvalue weighted by Crippen LogP contribution is -2.32. The standard InChI is InChI=1S/C66H53N3/c1-63(2,3)46-29-31-48(32-30-46)65(49-38-44(42-67)37-45(39-49)43-68)57-25-15-13-23-53(57)55-35-33-51(40-61(55)65)69(50-21-11-8-12-22-50)52-34-36-56-54-24-14-16-26-58(54)66(62(56)41-52,47-19-9-7-10-20-47)60-28-18-17-27-59(60)64(4,5)6/h7-41H,1-6H3. The van der Waals surface area contributed by atoms with Crippen LogP contribution in [0.1, 0.15) is 108 Å². The van der Waals surface area contributed by atoms with Crippen LogP contribution in [-0.4, -0.2) is 0 Å². The molecule has 2 aliphatic rings. The fourth-order valence-electron chi connectivity index (χ4n) is 11.7. The van der Waals surface area contributed by atoms with Gasteiger partial charge in [0.25, 0.3) is 0 Å². The number of hydrogen-bond donors (Lipinski definition) is 0. The molecule has 9 aromatic rings. The third-order valence-electron chi connectivity index (χ3n) is 14.7. The number of rotatable bonds is 7. The molecule has 0 saturated carbocycles. The number of hydrogen-bond acceptors (Lipinski definition) is 3. The number of fused-ring (bicyclic) bond motifs is 6. The first kappa shape index (κ1) is 43.3. The molecule has 0 fully saturated rings. The second kappa shape index (κ2) is 16.2. The predicted octanol–water partition coefficient (Wildman–Crippen LogP) is 16.2. The third-order valence-corrected chi connectivity index (χ3v) is 14.7. The molecule has 0 N–H and O–H groups in total. The summed E-state index contributed by atoms with van der Waals surface area (Å²) in [5.41, 5.74) is 18.8. The summed E-state index contributed by atoms with van der Waals surface area (Å²) >= 11 is 0. The van der Waals surface area contributed by atoms with E-state index in [-0.39, 0.29) is 10.8 Å². The fourth-order valence-corrected chi connectivity index (χ4v) is 11.7. The molecule has 0 spiro atoms. The summed E-state index contributed by atoms with van der Waals surface area (Å²) in [4.78, 5) is 2.40. The Morgan fingerprint density at radius 3 is 1.33 bits per heavy atom. The lowest BCUT2D eigenvalue weighted by molar-refractivity contribution is 0.571. The van der Waals surface area contributed by atoms with Crippen molar-refractivity contribution in [3.05, 3.63) is 279 Å². The van der Waals surface area contributed by atoms with Gasteiger partial charge in [-0.25, -0.2) is 0 Å². The molecule has 2 unspecified atom stereocenters. The third kappa shape index (κ3) is 6.68. The van der Waals surface area contributed by atoms with Crippen molar-refractivity contribution in [2.24, 2.45) is 0 Å². The van der Waals surface area contributed by atoms with Crippen LogP contribution in [0.3, 0.4) is 0 Å². The Morgan fingerprint density at radius 2 is 0.797 bits per heavy atom. The molecule has 11 rings (SSSR count). The Labute approximate surface area is 407 Å². The highest BCUT2D eigenvalue weighted by atomic mass is 15.1. The van der Waals surface area contributed by atoms with Gasteiger partial charge >= 0.3 is 0 Å². The molecular weight excluding hydrogens is 835 g/mol. The summed E-state index contributed by atoms with van der Waals surface area (Å²) in [5.74, 6) is 0. The summed E-state index contributed by atoms with van der Waals surface area (Å²) < 4.78 is 0. The second-order valence-corrected chi connectivity index (χ2v) is 20.7. The predicted molar refractivity (Wildman–Crippen MR) is 283 cm³/mol. The summed E-state index contributed by atoms with van der Waals surface area (Å²) in [5, 5.41) is 20.9. The van der Waals surface area contributed by atoms with Crippen LogP contribution in [0.25, 0.3) is 22.3 Å². The zero-order valence-electron chi connectivity index (χ0n) is 40.0. The van der Waals surface area contributed by atoms with Gasteiger partial charge in [-0.15, -0.1) is 0 Å². The van der Waals surface area contributed by atoms with Gasteiger partial charge in [0.05, 0.1) is 34.1 Å². The van der Waals surface area contributed by atoms with E-state index in [0.29, 0.717) is 11.1 Å². The summed E-state index contributed by atoms with van der Waals surface area (Å²) in [6.07, 6.45) is 0. The van der Waals surface area contributed by atoms with Crippen LogP contribution < -0.4 is 4.90 Å². The number of nitriles is 2. The Bertz CT molecular complexity index is 3510. The van der Waals surface area contributed by atoms with Crippen LogP contribution in [0.4, 0.5) is 17.1 Å². The molecule has 9 aromatic carbocycles. The molecule has 0 amide bonds. The lowest BCUT2D eigenvalue weighted by Gasteiger charge is -2.38. The molecular formula is C66H53N3. The van der Waals surface area contributed by atoms with Crippen molar-refractivity contribution in [2.75, 3.05) is 4.90 Å². The van der Waals surface area contributed by atoms with Crippen LogP contribution >= 0.6 is 0 Å². The van der Waals surface area contributed by atoms with Crippen molar-refractivity contribution >= 4 is 17.1 Å². The van der Waals surface area contributed by atoms with Crippen LogP contribution in [0.5, 0.6) is 0 Å². The number of benzene rings is 9. The van der Waals surface area contributed by atoms with Gasteiger partial charge in [-0.1, -0.05) is 199 Å². The Morgan fingerprint density at radius 1 is 0.348 bits per heavy atom. The van der Waals surface area contributed by atoms with Gasteiger partial charge in [0.15, 0.2) is 0 Å². The topological polar surface area (TPSA) is 50.8 Å². The van der Waals surface area contributed by atoms with E-state index in [1.807, 2.05) is 12.1 Å². The smallest absolute Gasteiger partial charge is 0.0992 e. The van der Waals surface area contributed by atoms with E-state index >= 15 is 0 Å². The second-order valence-electron chi connectivity index (χ2n) is 20.7. The van der Waals surface area contributed by atoms with E-state index in [4.69, 9.17) is 0 Å². The molecule has 0 radical (unpaired) electrons. The monoisotopic (exact) mass is 887 g/mol. The van der Waals surface area contributed by atoms with Gasteiger partial charge in [0.1, 0.15) is 0 Å². The molecule has 0 bridgehead atoms. The van der Waals surface area contributed by atoms with E-state index in [0.717, 1.165) is 50.4 Å². The maximum atomic E-state index is 10.5. The Kier molecular flexibility index (Phi) is 10.2. The zero-order valence-corrected chi connectivity index (χ0v) is 40.0. The van der Waals surface area contributed by atoms with Gasteiger partial charge < -0.3 is 4.90 Å². The average Bonchev–Trinajstić information content (AvgIpc) is 3.84. The Balaban J connectivity index is 1.21. The largest absolute Gasteiger partial charge is 0.310 e.